The van der Waals surface area contributed by atoms with E-state index in [0.717, 1.165) is 17.1 Å². The molecule has 0 spiro atoms. The summed E-state index contributed by atoms with van der Waals surface area (Å²) in [6.07, 6.45) is 0.733. The van der Waals surface area contributed by atoms with Gasteiger partial charge in [-0.1, -0.05) is 13.8 Å². The average Bonchev–Trinajstić information content (AvgIpc) is 3.03. The predicted octanol–water partition coefficient (Wildman–Crippen LogP) is 3.26. The highest BCUT2D eigenvalue weighted by Gasteiger charge is 2.11. The first-order chi connectivity index (χ1) is 11.0. The lowest BCUT2D eigenvalue weighted by atomic mass is 10.2. The zero-order chi connectivity index (χ0) is 16.8. The van der Waals surface area contributed by atoms with Crippen molar-refractivity contribution >= 4 is 17.2 Å². The van der Waals surface area contributed by atoms with E-state index in [0.29, 0.717) is 29.5 Å². The van der Waals surface area contributed by atoms with Crippen LogP contribution in [0.2, 0.25) is 0 Å². The van der Waals surface area contributed by atoms with Crippen LogP contribution in [0, 0.1) is 0 Å². The molecule has 6 heteroatoms. The number of carbonyl (C=O) groups excluding carboxylic acids is 1. The second-order valence-electron chi connectivity index (χ2n) is 5.40. The number of methoxy groups -OCH3 is 2. The fourth-order valence-electron chi connectivity index (χ4n) is 2.07. The van der Waals surface area contributed by atoms with Crippen molar-refractivity contribution in [1.29, 1.82) is 0 Å². The Labute approximate surface area is 140 Å². The fourth-order valence-corrected chi connectivity index (χ4v) is 3.03. The standard InChI is InChI=1S/C17H22N2O3S/c1-11(2)13-10-23-16(19-13)7-8-18-17(20)12-5-6-14(21-3)15(9-12)22-4/h5-6,9-11H,7-8H2,1-4H3,(H,18,20). The van der Waals surface area contributed by atoms with Gasteiger partial charge in [0, 0.05) is 23.9 Å². The zero-order valence-corrected chi connectivity index (χ0v) is 14.7. The molecule has 1 amide bonds. The summed E-state index contributed by atoms with van der Waals surface area (Å²) in [4.78, 5) is 16.8. The van der Waals surface area contributed by atoms with Gasteiger partial charge in [-0.25, -0.2) is 4.98 Å². The molecule has 1 aromatic carbocycles. The van der Waals surface area contributed by atoms with Crippen LogP contribution in [0.25, 0.3) is 0 Å². The van der Waals surface area contributed by atoms with Crippen LogP contribution >= 0.6 is 11.3 Å². The van der Waals surface area contributed by atoms with Gasteiger partial charge >= 0.3 is 0 Å². The third-order valence-corrected chi connectivity index (χ3v) is 4.36. The Bertz CT molecular complexity index is 668. The minimum Gasteiger partial charge on any atom is -0.493 e. The van der Waals surface area contributed by atoms with Crippen LogP contribution in [-0.2, 0) is 6.42 Å². The van der Waals surface area contributed by atoms with Crippen molar-refractivity contribution in [2.75, 3.05) is 20.8 Å². The van der Waals surface area contributed by atoms with Crippen LogP contribution in [0.1, 0.15) is 40.8 Å². The molecule has 2 aromatic rings. The van der Waals surface area contributed by atoms with Crippen LogP contribution < -0.4 is 14.8 Å². The molecular formula is C17H22N2O3S. The summed E-state index contributed by atoms with van der Waals surface area (Å²) < 4.78 is 10.4. The second-order valence-corrected chi connectivity index (χ2v) is 6.34. The molecule has 0 fully saturated rings. The van der Waals surface area contributed by atoms with Crippen molar-refractivity contribution in [2.45, 2.75) is 26.2 Å². The zero-order valence-electron chi connectivity index (χ0n) is 13.9. The van der Waals surface area contributed by atoms with Crippen molar-refractivity contribution < 1.29 is 14.3 Å². The summed E-state index contributed by atoms with van der Waals surface area (Å²) in [5.74, 6) is 1.45. The van der Waals surface area contributed by atoms with E-state index in [1.165, 1.54) is 0 Å². The van der Waals surface area contributed by atoms with Gasteiger partial charge in [-0.3, -0.25) is 4.79 Å². The normalized spacial score (nSPS) is 10.7. The average molecular weight is 334 g/mol. The number of nitrogens with zero attached hydrogens (tertiary/aromatic N) is 1. The van der Waals surface area contributed by atoms with Gasteiger partial charge in [0.05, 0.1) is 24.9 Å². The molecule has 0 radical (unpaired) electrons. The van der Waals surface area contributed by atoms with Crippen molar-refractivity contribution in [1.82, 2.24) is 10.3 Å². The molecule has 124 valence electrons. The third-order valence-electron chi connectivity index (χ3n) is 3.43. The maximum atomic E-state index is 12.2. The van der Waals surface area contributed by atoms with Crippen LogP contribution in [0.5, 0.6) is 11.5 Å². The number of thiazole rings is 1. The number of aromatic nitrogens is 1. The summed E-state index contributed by atoms with van der Waals surface area (Å²) in [7, 11) is 3.12. The molecule has 23 heavy (non-hydrogen) atoms. The lowest BCUT2D eigenvalue weighted by Gasteiger charge is -2.09. The summed E-state index contributed by atoms with van der Waals surface area (Å²) in [5.41, 5.74) is 1.65. The molecule has 0 saturated heterocycles. The lowest BCUT2D eigenvalue weighted by molar-refractivity contribution is 0.0953. The number of hydrogen-bond donors (Lipinski definition) is 1. The Balaban J connectivity index is 1.91. The Morgan fingerprint density at radius 3 is 2.61 bits per heavy atom. The number of nitrogens with one attached hydrogen (secondary N) is 1. The van der Waals surface area contributed by atoms with E-state index < -0.39 is 0 Å². The quantitative estimate of drug-likeness (QED) is 0.844. The van der Waals surface area contributed by atoms with E-state index in [9.17, 15) is 4.79 Å². The molecule has 0 aliphatic rings. The largest absolute Gasteiger partial charge is 0.493 e. The van der Waals surface area contributed by atoms with Crippen molar-refractivity contribution in [3.8, 4) is 11.5 Å². The molecular weight excluding hydrogens is 312 g/mol. The van der Waals surface area contributed by atoms with Gasteiger partial charge in [0.2, 0.25) is 0 Å². The molecule has 5 nitrogen and oxygen atoms in total. The molecule has 0 unspecified atom stereocenters. The smallest absolute Gasteiger partial charge is 0.251 e. The van der Waals surface area contributed by atoms with E-state index in [-0.39, 0.29) is 5.91 Å². The Morgan fingerprint density at radius 2 is 2.00 bits per heavy atom. The van der Waals surface area contributed by atoms with E-state index in [4.69, 9.17) is 9.47 Å². The van der Waals surface area contributed by atoms with Crippen LogP contribution in [0.15, 0.2) is 23.6 Å². The number of amides is 1. The minimum atomic E-state index is -0.133. The SMILES string of the molecule is COc1ccc(C(=O)NCCc2nc(C(C)C)cs2)cc1OC. The number of ether oxygens (including phenoxy) is 2. The van der Waals surface area contributed by atoms with Crippen molar-refractivity contribution in [2.24, 2.45) is 0 Å². The molecule has 0 saturated carbocycles. The first kappa shape index (κ1) is 17.3. The Hall–Kier alpha value is -2.08. The number of rotatable bonds is 7. The second kappa shape index (κ2) is 7.97. The molecule has 2 rings (SSSR count). The Morgan fingerprint density at radius 1 is 1.26 bits per heavy atom. The van der Waals surface area contributed by atoms with Gasteiger partial charge in [-0.05, 0) is 24.1 Å². The molecule has 1 aromatic heterocycles. The summed E-state index contributed by atoms with van der Waals surface area (Å²) in [6.45, 7) is 4.80. The van der Waals surface area contributed by atoms with Gasteiger partial charge < -0.3 is 14.8 Å². The van der Waals surface area contributed by atoms with Gasteiger partial charge in [-0.15, -0.1) is 11.3 Å². The maximum Gasteiger partial charge on any atom is 0.251 e. The minimum absolute atomic E-state index is 0.133. The lowest BCUT2D eigenvalue weighted by Crippen LogP contribution is -2.25. The molecule has 1 heterocycles. The van der Waals surface area contributed by atoms with E-state index in [1.54, 1.807) is 43.8 Å². The van der Waals surface area contributed by atoms with Crippen molar-refractivity contribution in [3.05, 3.63) is 39.8 Å². The van der Waals surface area contributed by atoms with E-state index in [2.05, 4.69) is 29.5 Å². The first-order valence-electron chi connectivity index (χ1n) is 7.49. The fraction of sp³-hybridized carbons (Fsp3) is 0.412. The monoisotopic (exact) mass is 334 g/mol. The summed E-state index contributed by atoms with van der Waals surface area (Å²) in [5, 5.41) is 6.03. The first-order valence-corrected chi connectivity index (χ1v) is 8.37. The molecule has 0 bridgehead atoms. The summed E-state index contributed by atoms with van der Waals surface area (Å²) in [6, 6.07) is 5.12. The molecule has 0 aliphatic heterocycles. The van der Waals surface area contributed by atoms with Crippen LogP contribution in [-0.4, -0.2) is 31.7 Å². The van der Waals surface area contributed by atoms with E-state index in [1.807, 2.05) is 0 Å². The third kappa shape index (κ3) is 4.45. The highest BCUT2D eigenvalue weighted by Crippen LogP contribution is 2.27. The van der Waals surface area contributed by atoms with Gasteiger partial charge in [-0.2, -0.15) is 0 Å². The topological polar surface area (TPSA) is 60.5 Å². The van der Waals surface area contributed by atoms with Crippen LogP contribution in [0.3, 0.4) is 0 Å². The Kier molecular flexibility index (Phi) is 5.98. The van der Waals surface area contributed by atoms with Gasteiger partial charge in [0.25, 0.3) is 5.91 Å². The highest BCUT2D eigenvalue weighted by molar-refractivity contribution is 7.09. The van der Waals surface area contributed by atoms with E-state index >= 15 is 0 Å². The molecule has 1 N–H and O–H groups in total. The highest BCUT2D eigenvalue weighted by atomic mass is 32.1. The number of hydrogen-bond acceptors (Lipinski definition) is 5. The molecule has 0 atom stereocenters. The van der Waals surface area contributed by atoms with Gasteiger partial charge in [0.15, 0.2) is 11.5 Å². The number of carbonyl (C=O) groups is 1. The van der Waals surface area contributed by atoms with Crippen molar-refractivity contribution in [3.63, 3.8) is 0 Å². The predicted molar refractivity (Wildman–Crippen MR) is 91.8 cm³/mol. The molecule has 0 aliphatic carbocycles. The maximum absolute atomic E-state index is 12.2. The number of benzene rings is 1. The van der Waals surface area contributed by atoms with Gasteiger partial charge in [0.1, 0.15) is 0 Å². The van der Waals surface area contributed by atoms with Crippen LogP contribution in [0.4, 0.5) is 0 Å². The summed E-state index contributed by atoms with van der Waals surface area (Å²) >= 11 is 1.64.